The number of carbonyl (C=O) groups is 3. The lowest BCUT2D eigenvalue weighted by atomic mass is 10.1. The van der Waals surface area contributed by atoms with Gasteiger partial charge in [-0.05, 0) is 74.0 Å². The molecule has 3 aromatic carbocycles. The van der Waals surface area contributed by atoms with E-state index in [0.29, 0.717) is 22.6 Å². The summed E-state index contributed by atoms with van der Waals surface area (Å²) in [7, 11) is 0. The lowest BCUT2D eigenvalue weighted by Crippen LogP contribution is -2.36. The molecule has 0 heterocycles. The van der Waals surface area contributed by atoms with Crippen molar-refractivity contribution in [2.45, 2.75) is 26.5 Å². The normalized spacial score (nSPS) is 11.1. The number of amides is 2. The first kappa shape index (κ1) is 25.1. The summed E-state index contributed by atoms with van der Waals surface area (Å²) in [5.41, 5.74) is 1.60. The third-order valence-electron chi connectivity index (χ3n) is 4.82. The Morgan fingerprint density at radius 2 is 1.57 bits per heavy atom. The number of benzene rings is 3. The fraction of sp³-hybridized carbons (Fsp3) is 0.192. The number of para-hydroxylation sites is 1. The van der Waals surface area contributed by atoms with E-state index in [1.165, 1.54) is 36.4 Å². The highest BCUT2D eigenvalue weighted by molar-refractivity contribution is 6.04. The fourth-order valence-corrected chi connectivity index (χ4v) is 3.02. The number of carbonyl (C=O) groups excluding carboxylic acids is 3. The Morgan fingerprint density at radius 3 is 2.26 bits per heavy atom. The molecule has 0 bridgehead atoms. The number of phenolic OH excluding ortho intramolecular Hbond substituents is 1. The third-order valence-corrected chi connectivity index (χ3v) is 4.82. The number of hydrogen-bond donors (Lipinski definition) is 3. The molecular formula is C26H26N2O7. The number of rotatable bonds is 9. The Kier molecular flexibility index (Phi) is 8.66. The molecule has 0 aliphatic carbocycles. The Hall–Kier alpha value is -4.53. The van der Waals surface area contributed by atoms with E-state index in [4.69, 9.17) is 14.2 Å². The van der Waals surface area contributed by atoms with Crippen LogP contribution in [0.15, 0.2) is 72.8 Å². The summed E-state index contributed by atoms with van der Waals surface area (Å²) in [6.45, 7) is 3.66. The molecule has 0 radical (unpaired) electrons. The zero-order valence-corrected chi connectivity index (χ0v) is 19.3. The lowest BCUT2D eigenvalue weighted by Gasteiger charge is -2.16. The van der Waals surface area contributed by atoms with Crippen LogP contribution in [0, 0.1) is 0 Å². The summed E-state index contributed by atoms with van der Waals surface area (Å²) in [4.78, 5) is 36.6. The van der Waals surface area contributed by atoms with Crippen molar-refractivity contribution in [3.63, 3.8) is 0 Å². The third kappa shape index (κ3) is 7.50. The molecule has 1 unspecified atom stereocenters. The van der Waals surface area contributed by atoms with Gasteiger partial charge < -0.3 is 30.0 Å². The van der Waals surface area contributed by atoms with Gasteiger partial charge in [-0.15, -0.1) is 0 Å². The average Bonchev–Trinajstić information content (AvgIpc) is 2.85. The summed E-state index contributed by atoms with van der Waals surface area (Å²) >= 11 is 0. The van der Waals surface area contributed by atoms with E-state index in [-0.39, 0.29) is 36.5 Å². The van der Waals surface area contributed by atoms with Gasteiger partial charge in [0.15, 0.2) is 6.10 Å². The molecule has 35 heavy (non-hydrogen) atoms. The molecule has 3 N–H and O–H groups in total. The molecule has 1 atom stereocenters. The van der Waals surface area contributed by atoms with Gasteiger partial charge in [-0.3, -0.25) is 9.59 Å². The number of phenols is 1. The Bertz CT molecular complexity index is 1160. The van der Waals surface area contributed by atoms with Crippen molar-refractivity contribution >= 4 is 23.7 Å². The molecule has 2 amide bonds. The molecule has 0 aliphatic rings. The largest absolute Gasteiger partial charge is 0.513 e. The van der Waals surface area contributed by atoms with E-state index >= 15 is 0 Å². The second-order valence-corrected chi connectivity index (χ2v) is 7.39. The van der Waals surface area contributed by atoms with E-state index < -0.39 is 12.3 Å². The maximum absolute atomic E-state index is 12.7. The minimum atomic E-state index is -0.816. The van der Waals surface area contributed by atoms with E-state index in [1.807, 2.05) is 0 Å². The molecule has 0 fully saturated rings. The van der Waals surface area contributed by atoms with Gasteiger partial charge in [0.25, 0.3) is 11.8 Å². The molecule has 0 aliphatic heterocycles. The van der Waals surface area contributed by atoms with Gasteiger partial charge in [0.1, 0.15) is 17.2 Å². The molecule has 3 rings (SSSR count). The Morgan fingerprint density at radius 1 is 0.914 bits per heavy atom. The van der Waals surface area contributed by atoms with Gasteiger partial charge in [0, 0.05) is 17.8 Å². The van der Waals surface area contributed by atoms with Crippen LogP contribution in [0.5, 0.6) is 17.2 Å². The summed E-state index contributed by atoms with van der Waals surface area (Å²) < 4.78 is 15.3. The zero-order chi connectivity index (χ0) is 25.2. The maximum Gasteiger partial charge on any atom is 0.513 e. The Balaban J connectivity index is 1.57. The lowest BCUT2D eigenvalue weighted by molar-refractivity contribution is -0.127. The van der Waals surface area contributed by atoms with Crippen molar-refractivity contribution in [3.05, 3.63) is 83.9 Å². The van der Waals surface area contributed by atoms with Gasteiger partial charge >= 0.3 is 6.16 Å². The van der Waals surface area contributed by atoms with Gasteiger partial charge in [-0.25, -0.2) is 4.79 Å². The molecule has 0 spiro atoms. The van der Waals surface area contributed by atoms with E-state index in [9.17, 15) is 19.5 Å². The quantitative estimate of drug-likeness (QED) is 0.310. The minimum absolute atomic E-state index is 0.106. The van der Waals surface area contributed by atoms with Gasteiger partial charge in [-0.2, -0.15) is 0 Å². The summed E-state index contributed by atoms with van der Waals surface area (Å²) in [5, 5.41) is 15.0. The fourth-order valence-electron chi connectivity index (χ4n) is 3.02. The molecular weight excluding hydrogens is 452 g/mol. The second-order valence-electron chi connectivity index (χ2n) is 7.39. The molecule has 0 aromatic heterocycles. The molecule has 9 heteroatoms. The smallest absolute Gasteiger partial charge is 0.508 e. The highest BCUT2D eigenvalue weighted by Crippen LogP contribution is 2.19. The zero-order valence-electron chi connectivity index (χ0n) is 19.3. The van der Waals surface area contributed by atoms with E-state index in [1.54, 1.807) is 50.2 Å². The molecule has 9 nitrogen and oxygen atoms in total. The summed E-state index contributed by atoms with van der Waals surface area (Å²) in [6, 6.07) is 19.2. The minimum Gasteiger partial charge on any atom is -0.508 e. The van der Waals surface area contributed by atoms with Crippen molar-refractivity contribution < 1.29 is 33.7 Å². The SMILES string of the molecule is CCOC(=O)Oc1ccc(C(=O)Nc2ccccc2CNC(=O)C(C)Oc2ccc(O)cc2)cc1. The standard InChI is InChI=1S/C26H26N2O7/c1-3-33-26(32)35-22-12-8-18(9-13-22)25(31)28-23-7-5-4-6-19(23)16-27-24(30)17(2)34-21-14-10-20(29)11-15-21/h4-15,17,29H,3,16H2,1-2H3,(H,27,30)(H,28,31). The Labute approximate surface area is 202 Å². The van der Waals surface area contributed by atoms with Crippen LogP contribution in [-0.4, -0.2) is 35.8 Å². The van der Waals surface area contributed by atoms with Crippen LogP contribution in [0.4, 0.5) is 10.5 Å². The highest BCUT2D eigenvalue weighted by Gasteiger charge is 2.16. The van der Waals surface area contributed by atoms with Crippen molar-refractivity contribution in [3.8, 4) is 17.2 Å². The van der Waals surface area contributed by atoms with Crippen LogP contribution < -0.4 is 20.1 Å². The number of hydrogen-bond acceptors (Lipinski definition) is 7. The van der Waals surface area contributed by atoms with Gasteiger partial charge in [-0.1, -0.05) is 18.2 Å². The predicted molar refractivity (Wildman–Crippen MR) is 129 cm³/mol. The van der Waals surface area contributed by atoms with Crippen LogP contribution >= 0.6 is 0 Å². The van der Waals surface area contributed by atoms with Crippen LogP contribution in [0.3, 0.4) is 0 Å². The predicted octanol–water partition coefficient (Wildman–Crippen LogP) is 4.26. The van der Waals surface area contributed by atoms with Crippen LogP contribution in [0.25, 0.3) is 0 Å². The summed E-state index contributed by atoms with van der Waals surface area (Å²) in [6.07, 6.45) is -1.58. The molecule has 182 valence electrons. The highest BCUT2D eigenvalue weighted by atomic mass is 16.7. The molecule has 3 aromatic rings. The first-order valence-electron chi connectivity index (χ1n) is 10.9. The first-order chi connectivity index (χ1) is 16.9. The van der Waals surface area contributed by atoms with Crippen molar-refractivity contribution in [1.82, 2.24) is 5.32 Å². The number of aromatic hydroxyl groups is 1. The van der Waals surface area contributed by atoms with Gasteiger partial charge in [0.2, 0.25) is 0 Å². The monoisotopic (exact) mass is 478 g/mol. The molecule has 0 saturated carbocycles. The van der Waals surface area contributed by atoms with E-state index in [2.05, 4.69) is 10.6 Å². The number of nitrogens with one attached hydrogen (secondary N) is 2. The first-order valence-corrected chi connectivity index (χ1v) is 10.9. The number of ether oxygens (including phenoxy) is 3. The number of anilines is 1. The van der Waals surface area contributed by atoms with Crippen molar-refractivity contribution in [2.75, 3.05) is 11.9 Å². The van der Waals surface area contributed by atoms with Crippen LogP contribution in [0.1, 0.15) is 29.8 Å². The second kappa shape index (κ2) is 12.1. The maximum atomic E-state index is 12.7. The van der Waals surface area contributed by atoms with E-state index in [0.717, 1.165) is 0 Å². The van der Waals surface area contributed by atoms with Crippen molar-refractivity contribution in [2.24, 2.45) is 0 Å². The van der Waals surface area contributed by atoms with Gasteiger partial charge in [0.05, 0.1) is 6.61 Å². The topological polar surface area (TPSA) is 123 Å². The van der Waals surface area contributed by atoms with Crippen molar-refractivity contribution in [1.29, 1.82) is 0 Å². The summed E-state index contributed by atoms with van der Waals surface area (Å²) in [5.74, 6) is 0.115. The average molecular weight is 479 g/mol. The van der Waals surface area contributed by atoms with Crippen LogP contribution in [0.2, 0.25) is 0 Å². The molecule has 0 saturated heterocycles. The van der Waals surface area contributed by atoms with Crippen LogP contribution in [-0.2, 0) is 16.1 Å².